The van der Waals surface area contributed by atoms with E-state index in [2.05, 4.69) is 5.32 Å². The van der Waals surface area contributed by atoms with E-state index in [1.165, 1.54) is 34.6 Å². The van der Waals surface area contributed by atoms with Gasteiger partial charge in [-0.1, -0.05) is 26.0 Å². The normalized spacial score (nSPS) is 11.6. The van der Waals surface area contributed by atoms with Crippen molar-refractivity contribution in [1.82, 2.24) is 4.31 Å². The van der Waals surface area contributed by atoms with Crippen molar-refractivity contribution in [1.29, 1.82) is 0 Å². The molecule has 0 radical (unpaired) electrons. The van der Waals surface area contributed by atoms with Crippen molar-refractivity contribution < 1.29 is 22.7 Å². The van der Waals surface area contributed by atoms with Gasteiger partial charge >= 0.3 is 0 Å². The molecule has 0 saturated carbocycles. The summed E-state index contributed by atoms with van der Waals surface area (Å²) in [7, 11) is -3.71. The van der Waals surface area contributed by atoms with Gasteiger partial charge in [0.25, 0.3) is 0 Å². The van der Waals surface area contributed by atoms with Crippen LogP contribution in [0.1, 0.15) is 25.8 Å². The van der Waals surface area contributed by atoms with Crippen LogP contribution in [0, 0.1) is 5.82 Å². The lowest BCUT2D eigenvalue weighted by Crippen LogP contribution is -2.30. The molecule has 0 aromatic heterocycles. The standard InChI is InChI=1S/C19H23FN2O4S/c1-3-22(4-2)27(25,26)16-9-10-18(23)17(13-16)21-19(24)11-8-14-6-5-7-15(20)12-14/h5-7,9-10,12-13,23H,3-4,8,11H2,1-2H3,(H,21,24). The number of phenolic OH excluding ortho intramolecular Hbond substituents is 1. The number of nitrogens with zero attached hydrogens (tertiary/aromatic N) is 1. The van der Waals surface area contributed by atoms with Gasteiger partial charge in [-0.05, 0) is 42.3 Å². The van der Waals surface area contributed by atoms with E-state index in [-0.39, 0.29) is 28.6 Å². The zero-order valence-corrected chi connectivity index (χ0v) is 16.1. The zero-order valence-electron chi connectivity index (χ0n) is 15.3. The molecular weight excluding hydrogens is 371 g/mol. The average molecular weight is 394 g/mol. The van der Waals surface area contributed by atoms with Crippen LogP contribution in [0.5, 0.6) is 5.75 Å². The molecule has 2 N–H and O–H groups in total. The second-order valence-electron chi connectivity index (χ2n) is 5.95. The number of benzene rings is 2. The van der Waals surface area contributed by atoms with E-state index in [0.717, 1.165) is 0 Å². The number of aromatic hydroxyl groups is 1. The summed E-state index contributed by atoms with van der Waals surface area (Å²) in [6.45, 7) is 4.09. The van der Waals surface area contributed by atoms with Crippen LogP contribution in [0.15, 0.2) is 47.4 Å². The molecule has 6 nitrogen and oxygen atoms in total. The Labute approximate surface area is 158 Å². The van der Waals surface area contributed by atoms with E-state index >= 15 is 0 Å². The lowest BCUT2D eigenvalue weighted by Gasteiger charge is -2.19. The summed E-state index contributed by atoms with van der Waals surface area (Å²) in [5.41, 5.74) is 0.694. The first kappa shape index (κ1) is 20.9. The van der Waals surface area contributed by atoms with Crippen LogP contribution >= 0.6 is 0 Å². The average Bonchev–Trinajstić information content (AvgIpc) is 2.62. The highest BCUT2D eigenvalue weighted by Crippen LogP contribution is 2.28. The van der Waals surface area contributed by atoms with Crippen LogP contribution in [0.25, 0.3) is 0 Å². The highest BCUT2D eigenvalue weighted by molar-refractivity contribution is 7.89. The second-order valence-corrected chi connectivity index (χ2v) is 7.88. The molecule has 0 spiro atoms. The molecule has 0 atom stereocenters. The molecule has 0 fully saturated rings. The Morgan fingerprint density at radius 3 is 2.48 bits per heavy atom. The van der Waals surface area contributed by atoms with Crippen LogP contribution < -0.4 is 5.32 Å². The predicted octanol–water partition coefficient (Wildman–Crippen LogP) is 3.13. The first-order valence-corrected chi connectivity index (χ1v) is 10.1. The van der Waals surface area contributed by atoms with E-state index in [1.807, 2.05) is 0 Å². The van der Waals surface area contributed by atoms with Crippen LogP contribution in [-0.2, 0) is 21.2 Å². The highest BCUT2D eigenvalue weighted by Gasteiger charge is 2.23. The smallest absolute Gasteiger partial charge is 0.243 e. The minimum atomic E-state index is -3.71. The van der Waals surface area contributed by atoms with E-state index in [4.69, 9.17) is 0 Å². The topological polar surface area (TPSA) is 86.7 Å². The summed E-state index contributed by atoms with van der Waals surface area (Å²) in [5, 5.41) is 12.5. The molecule has 0 unspecified atom stereocenters. The zero-order chi connectivity index (χ0) is 20.0. The van der Waals surface area contributed by atoms with Gasteiger partial charge in [-0.25, -0.2) is 12.8 Å². The van der Waals surface area contributed by atoms with E-state index in [9.17, 15) is 22.7 Å². The third-order valence-electron chi connectivity index (χ3n) is 4.12. The number of phenols is 1. The lowest BCUT2D eigenvalue weighted by molar-refractivity contribution is -0.116. The third kappa shape index (κ3) is 5.27. The molecule has 0 aliphatic rings. The maximum Gasteiger partial charge on any atom is 0.243 e. The summed E-state index contributed by atoms with van der Waals surface area (Å²) in [5.74, 6) is -1.01. The van der Waals surface area contributed by atoms with Crippen LogP contribution in [0.4, 0.5) is 10.1 Å². The molecule has 146 valence electrons. The van der Waals surface area contributed by atoms with Gasteiger partial charge in [-0.2, -0.15) is 4.31 Å². The Balaban J connectivity index is 2.13. The Hall–Kier alpha value is -2.45. The molecular formula is C19H23FN2O4S. The predicted molar refractivity (Wildman–Crippen MR) is 102 cm³/mol. The molecule has 0 saturated heterocycles. The Morgan fingerprint density at radius 1 is 1.15 bits per heavy atom. The molecule has 0 aliphatic carbocycles. The van der Waals surface area contributed by atoms with E-state index in [1.54, 1.807) is 26.0 Å². The van der Waals surface area contributed by atoms with Crippen molar-refractivity contribution >= 4 is 21.6 Å². The summed E-state index contributed by atoms with van der Waals surface area (Å²) < 4.78 is 39.6. The maximum atomic E-state index is 13.2. The van der Waals surface area contributed by atoms with Crippen molar-refractivity contribution in [2.75, 3.05) is 18.4 Å². The van der Waals surface area contributed by atoms with Crippen molar-refractivity contribution in [2.24, 2.45) is 0 Å². The number of halogens is 1. The Kier molecular flexibility index (Phi) is 6.92. The van der Waals surface area contributed by atoms with Gasteiger partial charge in [-0.15, -0.1) is 0 Å². The molecule has 0 bridgehead atoms. The molecule has 2 rings (SSSR count). The molecule has 27 heavy (non-hydrogen) atoms. The summed E-state index contributed by atoms with van der Waals surface area (Å²) in [6.07, 6.45) is 0.387. The fourth-order valence-electron chi connectivity index (χ4n) is 2.65. The van der Waals surface area contributed by atoms with Crippen LogP contribution in [-0.4, -0.2) is 36.8 Å². The number of hydrogen-bond donors (Lipinski definition) is 2. The van der Waals surface area contributed by atoms with E-state index in [0.29, 0.717) is 25.1 Å². The van der Waals surface area contributed by atoms with Gasteiger partial charge in [0.2, 0.25) is 15.9 Å². The molecule has 0 aliphatic heterocycles. The second kappa shape index (κ2) is 8.96. The largest absolute Gasteiger partial charge is 0.506 e. The Bertz CT molecular complexity index is 912. The van der Waals surface area contributed by atoms with Crippen molar-refractivity contribution in [3.8, 4) is 5.75 Å². The monoisotopic (exact) mass is 394 g/mol. The number of nitrogens with one attached hydrogen (secondary N) is 1. The first-order valence-electron chi connectivity index (χ1n) is 8.65. The van der Waals surface area contributed by atoms with Gasteiger partial charge < -0.3 is 10.4 Å². The minimum absolute atomic E-state index is 0.00979. The Morgan fingerprint density at radius 2 is 1.85 bits per heavy atom. The van der Waals surface area contributed by atoms with Gasteiger partial charge in [0.1, 0.15) is 11.6 Å². The van der Waals surface area contributed by atoms with Gasteiger partial charge in [0.15, 0.2) is 0 Å². The van der Waals surface area contributed by atoms with Gasteiger partial charge in [-0.3, -0.25) is 4.79 Å². The third-order valence-corrected chi connectivity index (χ3v) is 6.16. The highest BCUT2D eigenvalue weighted by atomic mass is 32.2. The summed E-state index contributed by atoms with van der Waals surface area (Å²) in [6, 6.07) is 9.72. The number of amides is 1. The van der Waals surface area contributed by atoms with E-state index < -0.39 is 15.9 Å². The molecule has 1 amide bonds. The molecule has 0 heterocycles. The van der Waals surface area contributed by atoms with Crippen molar-refractivity contribution in [3.05, 3.63) is 53.8 Å². The summed E-state index contributed by atoms with van der Waals surface area (Å²) >= 11 is 0. The molecule has 8 heteroatoms. The first-order chi connectivity index (χ1) is 12.8. The molecule has 2 aromatic carbocycles. The fraction of sp³-hybridized carbons (Fsp3) is 0.316. The minimum Gasteiger partial charge on any atom is -0.506 e. The number of carbonyl (C=O) groups excluding carboxylic acids is 1. The van der Waals surface area contributed by atoms with Gasteiger partial charge in [0, 0.05) is 19.5 Å². The summed E-state index contributed by atoms with van der Waals surface area (Å²) in [4.78, 5) is 12.1. The fourth-order valence-corrected chi connectivity index (χ4v) is 4.14. The van der Waals surface area contributed by atoms with Crippen molar-refractivity contribution in [3.63, 3.8) is 0 Å². The number of rotatable bonds is 8. The quantitative estimate of drug-likeness (QED) is 0.674. The van der Waals surface area contributed by atoms with Crippen molar-refractivity contribution in [2.45, 2.75) is 31.6 Å². The number of anilines is 1. The number of carbonyl (C=O) groups is 1. The van der Waals surface area contributed by atoms with Gasteiger partial charge in [0.05, 0.1) is 10.6 Å². The SMILES string of the molecule is CCN(CC)S(=O)(=O)c1ccc(O)c(NC(=O)CCc2cccc(F)c2)c1. The maximum absolute atomic E-state index is 13.2. The van der Waals surface area contributed by atoms with Crippen LogP contribution in [0.3, 0.4) is 0 Å². The number of aryl methyl sites for hydroxylation is 1. The number of sulfonamides is 1. The lowest BCUT2D eigenvalue weighted by atomic mass is 10.1. The molecule has 2 aromatic rings. The number of hydrogen-bond acceptors (Lipinski definition) is 4. The van der Waals surface area contributed by atoms with Crippen LogP contribution in [0.2, 0.25) is 0 Å².